The number of likely N-dealkylation sites (tertiary alicyclic amines) is 1. The third kappa shape index (κ3) is 3.75. The number of hydroxylamine groups is 2. The molecule has 8 heteroatoms. The lowest BCUT2D eigenvalue weighted by molar-refractivity contribution is -0.200. The highest BCUT2D eigenvalue weighted by Gasteiger charge is 2.38. The van der Waals surface area contributed by atoms with Crippen molar-refractivity contribution < 1.29 is 28.8 Å². The van der Waals surface area contributed by atoms with Crippen molar-refractivity contribution in [2.45, 2.75) is 45.6 Å². The van der Waals surface area contributed by atoms with E-state index < -0.39 is 35.4 Å². The van der Waals surface area contributed by atoms with Crippen molar-refractivity contribution in [3.63, 3.8) is 0 Å². The zero-order valence-corrected chi connectivity index (χ0v) is 13.0. The molecule has 2 saturated heterocycles. The molecule has 0 aromatic carbocycles. The molecule has 8 nitrogen and oxygen atoms in total. The van der Waals surface area contributed by atoms with Crippen LogP contribution >= 0.6 is 0 Å². The van der Waals surface area contributed by atoms with Gasteiger partial charge in [-0.1, -0.05) is 0 Å². The Morgan fingerprint density at radius 1 is 1.14 bits per heavy atom. The minimum Gasteiger partial charge on any atom is -0.444 e. The maximum absolute atomic E-state index is 12.0. The zero-order chi connectivity index (χ0) is 16.5. The van der Waals surface area contributed by atoms with Crippen LogP contribution < -0.4 is 0 Å². The fraction of sp³-hybridized carbons (Fsp3) is 0.714. The minimum absolute atomic E-state index is 0.0564. The van der Waals surface area contributed by atoms with E-state index >= 15 is 0 Å². The number of ether oxygens (including phenoxy) is 1. The van der Waals surface area contributed by atoms with Gasteiger partial charge in [0.05, 0.1) is 5.92 Å². The van der Waals surface area contributed by atoms with Crippen LogP contribution in [-0.2, 0) is 24.0 Å². The summed E-state index contributed by atoms with van der Waals surface area (Å²) in [5.74, 6) is -2.26. The summed E-state index contributed by atoms with van der Waals surface area (Å²) in [5, 5.41) is 0.526. The fourth-order valence-electron chi connectivity index (χ4n) is 2.27. The number of hydrogen-bond acceptors (Lipinski definition) is 6. The lowest BCUT2D eigenvalue weighted by atomic mass is 10.1. The molecule has 1 atom stereocenters. The highest BCUT2D eigenvalue weighted by molar-refractivity contribution is 6.01. The molecule has 0 unspecified atom stereocenters. The Morgan fingerprint density at radius 2 is 1.73 bits per heavy atom. The van der Waals surface area contributed by atoms with Gasteiger partial charge in [-0.15, -0.1) is 5.06 Å². The van der Waals surface area contributed by atoms with E-state index in [4.69, 9.17) is 9.57 Å². The van der Waals surface area contributed by atoms with Crippen LogP contribution in [0.5, 0.6) is 0 Å². The number of imide groups is 1. The van der Waals surface area contributed by atoms with Crippen LogP contribution in [0.1, 0.15) is 40.0 Å². The first-order valence-corrected chi connectivity index (χ1v) is 7.23. The number of amides is 3. The molecule has 2 aliphatic rings. The molecular weight excluding hydrogens is 292 g/mol. The van der Waals surface area contributed by atoms with E-state index in [1.807, 2.05) is 0 Å². The first-order chi connectivity index (χ1) is 10.2. The number of rotatable bonds is 2. The molecule has 0 aromatic heterocycles. The van der Waals surface area contributed by atoms with Crippen LogP contribution in [0.4, 0.5) is 4.79 Å². The molecule has 0 spiro atoms. The summed E-state index contributed by atoms with van der Waals surface area (Å²) < 4.78 is 5.23. The quantitative estimate of drug-likeness (QED) is 0.702. The van der Waals surface area contributed by atoms with Crippen molar-refractivity contribution in [2.24, 2.45) is 5.92 Å². The predicted octanol–water partition coefficient (Wildman–Crippen LogP) is 0.851. The fourth-order valence-corrected chi connectivity index (χ4v) is 2.27. The number of nitrogens with zero attached hydrogens (tertiary/aromatic N) is 2. The van der Waals surface area contributed by atoms with Gasteiger partial charge in [0.15, 0.2) is 0 Å². The monoisotopic (exact) mass is 312 g/mol. The summed E-state index contributed by atoms with van der Waals surface area (Å²) >= 11 is 0. The zero-order valence-electron chi connectivity index (χ0n) is 13.0. The lowest BCUT2D eigenvalue weighted by Gasteiger charge is -2.24. The van der Waals surface area contributed by atoms with Crippen molar-refractivity contribution in [3.8, 4) is 0 Å². The Morgan fingerprint density at radius 3 is 2.27 bits per heavy atom. The smallest absolute Gasteiger partial charge is 0.410 e. The first kappa shape index (κ1) is 16.3. The van der Waals surface area contributed by atoms with Gasteiger partial charge in [-0.2, -0.15) is 0 Å². The van der Waals surface area contributed by atoms with E-state index in [2.05, 4.69) is 0 Å². The van der Waals surface area contributed by atoms with Gasteiger partial charge < -0.3 is 14.5 Å². The molecule has 22 heavy (non-hydrogen) atoms. The van der Waals surface area contributed by atoms with E-state index in [9.17, 15) is 19.2 Å². The molecule has 0 saturated carbocycles. The molecule has 0 N–H and O–H groups in total. The Labute approximate surface area is 128 Å². The molecule has 2 heterocycles. The van der Waals surface area contributed by atoms with Gasteiger partial charge in [-0.05, 0) is 27.2 Å². The van der Waals surface area contributed by atoms with Gasteiger partial charge >= 0.3 is 12.1 Å². The van der Waals surface area contributed by atoms with Crippen molar-refractivity contribution in [1.29, 1.82) is 0 Å². The maximum atomic E-state index is 12.0. The Hall–Kier alpha value is -2.12. The molecule has 2 aliphatic heterocycles. The largest absolute Gasteiger partial charge is 0.444 e. The second-order valence-corrected chi connectivity index (χ2v) is 6.40. The predicted molar refractivity (Wildman–Crippen MR) is 73.1 cm³/mol. The molecule has 0 aliphatic carbocycles. The van der Waals surface area contributed by atoms with Crippen LogP contribution in [0, 0.1) is 5.92 Å². The second kappa shape index (κ2) is 5.94. The standard InChI is InChI=1S/C14H20N2O6/c1-14(2,3)21-13(20)15-7-6-9(8-15)12(19)22-16-10(17)4-5-11(16)18/h9H,4-8H2,1-3H3/t9-/m0/s1. The normalized spacial score (nSPS) is 22.2. The molecular formula is C14H20N2O6. The lowest BCUT2D eigenvalue weighted by Crippen LogP contribution is -2.37. The highest BCUT2D eigenvalue weighted by Crippen LogP contribution is 2.22. The Bertz CT molecular complexity index is 494. The minimum atomic E-state index is -0.672. The second-order valence-electron chi connectivity index (χ2n) is 6.40. The molecule has 0 bridgehead atoms. The summed E-state index contributed by atoms with van der Waals surface area (Å²) in [5.41, 5.74) is -0.607. The molecule has 3 amide bonds. The summed E-state index contributed by atoms with van der Waals surface area (Å²) in [6.07, 6.45) is 0.0340. The topological polar surface area (TPSA) is 93.2 Å². The van der Waals surface area contributed by atoms with Gasteiger partial charge in [0.2, 0.25) is 0 Å². The third-order valence-electron chi connectivity index (χ3n) is 3.36. The van der Waals surface area contributed by atoms with Crippen molar-refractivity contribution >= 4 is 23.9 Å². The van der Waals surface area contributed by atoms with Crippen LogP contribution in [0.2, 0.25) is 0 Å². The van der Waals surface area contributed by atoms with E-state index in [1.54, 1.807) is 20.8 Å². The summed E-state index contributed by atoms with van der Waals surface area (Å²) in [6.45, 7) is 5.81. The van der Waals surface area contributed by atoms with E-state index in [-0.39, 0.29) is 19.4 Å². The van der Waals surface area contributed by atoms with E-state index in [0.29, 0.717) is 18.0 Å². The van der Waals surface area contributed by atoms with Crippen LogP contribution in [0.25, 0.3) is 0 Å². The molecule has 2 fully saturated rings. The van der Waals surface area contributed by atoms with E-state index in [1.165, 1.54) is 4.90 Å². The SMILES string of the molecule is CC(C)(C)OC(=O)N1CC[C@H](C(=O)ON2C(=O)CCC2=O)C1. The molecule has 0 aromatic rings. The Balaban J connectivity index is 1.87. The summed E-state index contributed by atoms with van der Waals surface area (Å²) in [4.78, 5) is 53.0. The number of carbonyl (C=O) groups excluding carboxylic acids is 4. The van der Waals surface area contributed by atoms with Crippen molar-refractivity contribution in [2.75, 3.05) is 13.1 Å². The summed E-state index contributed by atoms with van der Waals surface area (Å²) in [7, 11) is 0. The van der Waals surface area contributed by atoms with Crippen molar-refractivity contribution in [1.82, 2.24) is 9.96 Å². The van der Waals surface area contributed by atoms with Crippen LogP contribution in [0.15, 0.2) is 0 Å². The van der Waals surface area contributed by atoms with Crippen LogP contribution in [0.3, 0.4) is 0 Å². The number of carbonyl (C=O) groups is 4. The first-order valence-electron chi connectivity index (χ1n) is 7.23. The average Bonchev–Trinajstić information content (AvgIpc) is 2.99. The van der Waals surface area contributed by atoms with Gasteiger partial charge in [0.25, 0.3) is 11.8 Å². The van der Waals surface area contributed by atoms with Gasteiger partial charge in [0.1, 0.15) is 5.60 Å². The summed E-state index contributed by atoms with van der Waals surface area (Å²) in [6, 6.07) is 0. The average molecular weight is 312 g/mol. The molecule has 0 radical (unpaired) electrons. The van der Waals surface area contributed by atoms with Gasteiger partial charge in [-0.25, -0.2) is 9.59 Å². The Kier molecular flexibility index (Phi) is 4.39. The third-order valence-corrected chi connectivity index (χ3v) is 3.36. The van der Waals surface area contributed by atoms with Gasteiger partial charge in [-0.3, -0.25) is 9.59 Å². The van der Waals surface area contributed by atoms with Crippen molar-refractivity contribution in [3.05, 3.63) is 0 Å². The van der Waals surface area contributed by atoms with E-state index in [0.717, 1.165) is 0 Å². The molecule has 122 valence electrons. The van der Waals surface area contributed by atoms with Gasteiger partial charge in [0, 0.05) is 25.9 Å². The molecule has 2 rings (SSSR count). The van der Waals surface area contributed by atoms with Crippen LogP contribution in [-0.4, -0.2) is 52.5 Å². The highest BCUT2D eigenvalue weighted by atomic mass is 16.7. The number of hydrogen-bond donors (Lipinski definition) is 0. The maximum Gasteiger partial charge on any atom is 0.410 e.